The maximum Gasteiger partial charge on any atom is 0.240 e. The van der Waals surface area contributed by atoms with Gasteiger partial charge in [0.25, 0.3) is 0 Å². The molecule has 1 aliphatic heterocycles. The molecule has 3 aromatic rings. The van der Waals surface area contributed by atoms with Crippen molar-refractivity contribution in [1.29, 1.82) is 0 Å². The molecule has 9 heteroatoms. The number of ether oxygens (including phenoxy) is 4. The number of nitrogens with one attached hydrogen (secondary N) is 1. The first-order valence-corrected chi connectivity index (χ1v) is 13.1. The zero-order valence-corrected chi connectivity index (χ0v) is 21.8. The maximum absolute atomic E-state index is 13.1. The minimum Gasteiger partial charge on any atom is -0.497 e. The Labute approximate surface area is 212 Å². The molecule has 0 saturated heterocycles. The van der Waals surface area contributed by atoms with Crippen LogP contribution >= 0.6 is 0 Å². The molecule has 192 valence electrons. The van der Waals surface area contributed by atoms with Crippen LogP contribution in [0.2, 0.25) is 0 Å². The van der Waals surface area contributed by atoms with Gasteiger partial charge in [0, 0.05) is 25.7 Å². The summed E-state index contributed by atoms with van der Waals surface area (Å²) < 4.78 is 50.5. The molecule has 0 fully saturated rings. The van der Waals surface area contributed by atoms with Gasteiger partial charge in [-0.15, -0.1) is 0 Å². The molecule has 36 heavy (non-hydrogen) atoms. The lowest BCUT2D eigenvalue weighted by Gasteiger charge is -2.38. The van der Waals surface area contributed by atoms with Crippen LogP contribution in [0.5, 0.6) is 23.0 Å². The van der Waals surface area contributed by atoms with Gasteiger partial charge in [-0.25, -0.2) is 13.1 Å². The van der Waals surface area contributed by atoms with E-state index in [1.54, 1.807) is 52.7 Å². The van der Waals surface area contributed by atoms with Gasteiger partial charge in [-0.1, -0.05) is 12.1 Å². The van der Waals surface area contributed by atoms with Crippen molar-refractivity contribution in [3.05, 3.63) is 77.4 Å². The van der Waals surface area contributed by atoms with Gasteiger partial charge < -0.3 is 18.9 Å². The van der Waals surface area contributed by atoms with Crippen molar-refractivity contribution < 1.29 is 27.4 Å². The van der Waals surface area contributed by atoms with E-state index in [4.69, 9.17) is 18.9 Å². The monoisotopic (exact) mass is 512 g/mol. The zero-order chi connectivity index (χ0) is 25.7. The first kappa shape index (κ1) is 25.8. The highest BCUT2D eigenvalue weighted by molar-refractivity contribution is 7.89. The number of hydrogen-bond donors (Lipinski definition) is 1. The van der Waals surface area contributed by atoms with Crippen LogP contribution in [-0.2, 0) is 23.0 Å². The molecule has 4 rings (SSSR count). The molecule has 1 atom stereocenters. The van der Waals surface area contributed by atoms with Crippen molar-refractivity contribution in [1.82, 2.24) is 9.62 Å². The molecule has 0 aromatic heterocycles. The van der Waals surface area contributed by atoms with Gasteiger partial charge in [-0.2, -0.15) is 0 Å². The third-order valence-electron chi connectivity index (χ3n) is 6.49. The number of nitrogens with zero attached hydrogens (tertiary/aromatic N) is 1. The minimum atomic E-state index is -3.73. The molecule has 1 heterocycles. The van der Waals surface area contributed by atoms with Crippen LogP contribution in [0.3, 0.4) is 0 Å². The number of methoxy groups -OCH3 is 4. The molecule has 0 amide bonds. The molecular weight excluding hydrogens is 480 g/mol. The van der Waals surface area contributed by atoms with Crippen LogP contribution in [0, 0.1) is 0 Å². The lowest BCUT2D eigenvalue weighted by molar-refractivity contribution is 0.176. The molecule has 0 radical (unpaired) electrons. The van der Waals surface area contributed by atoms with Crippen molar-refractivity contribution >= 4 is 10.0 Å². The Kier molecular flexibility index (Phi) is 8.03. The van der Waals surface area contributed by atoms with Gasteiger partial charge in [-0.3, -0.25) is 4.90 Å². The quantitative estimate of drug-likeness (QED) is 0.442. The largest absolute Gasteiger partial charge is 0.497 e. The van der Waals surface area contributed by atoms with Gasteiger partial charge in [0.2, 0.25) is 10.0 Å². The van der Waals surface area contributed by atoms with Crippen molar-refractivity contribution in [3.63, 3.8) is 0 Å². The summed E-state index contributed by atoms with van der Waals surface area (Å²) in [5, 5.41) is 0. The van der Waals surface area contributed by atoms with Crippen molar-refractivity contribution in [2.24, 2.45) is 0 Å². The Balaban J connectivity index is 1.64. The second kappa shape index (κ2) is 11.2. The minimum absolute atomic E-state index is 0.188. The lowest BCUT2D eigenvalue weighted by Crippen LogP contribution is -2.41. The van der Waals surface area contributed by atoms with Gasteiger partial charge in [0.15, 0.2) is 11.5 Å². The number of rotatable bonds is 10. The van der Waals surface area contributed by atoms with Gasteiger partial charge >= 0.3 is 0 Å². The smallest absolute Gasteiger partial charge is 0.240 e. The number of hydrogen-bond acceptors (Lipinski definition) is 7. The zero-order valence-electron chi connectivity index (χ0n) is 21.0. The first-order chi connectivity index (χ1) is 17.4. The Hall–Kier alpha value is -3.27. The fourth-order valence-corrected chi connectivity index (χ4v) is 5.54. The predicted molar refractivity (Wildman–Crippen MR) is 138 cm³/mol. The summed E-state index contributed by atoms with van der Waals surface area (Å²) in [5.74, 6) is 2.67. The Morgan fingerprint density at radius 3 is 2.00 bits per heavy atom. The average Bonchev–Trinajstić information content (AvgIpc) is 2.92. The summed E-state index contributed by atoms with van der Waals surface area (Å²) in [4.78, 5) is 2.47. The molecule has 0 saturated carbocycles. The van der Waals surface area contributed by atoms with Gasteiger partial charge in [-0.05, 0) is 71.6 Å². The summed E-state index contributed by atoms with van der Waals surface area (Å²) in [7, 11) is 2.68. The fraction of sp³-hybridized carbons (Fsp3) is 0.333. The molecule has 0 spiro atoms. The molecule has 0 bridgehead atoms. The topological polar surface area (TPSA) is 86.3 Å². The molecule has 8 nitrogen and oxygen atoms in total. The van der Waals surface area contributed by atoms with E-state index < -0.39 is 10.0 Å². The van der Waals surface area contributed by atoms with Crippen molar-refractivity contribution in [3.8, 4) is 23.0 Å². The van der Waals surface area contributed by atoms with E-state index in [9.17, 15) is 8.42 Å². The molecular formula is C27H32N2O6S. The average molecular weight is 513 g/mol. The highest BCUT2D eigenvalue weighted by Gasteiger charge is 2.30. The molecule has 1 unspecified atom stereocenters. The highest BCUT2D eigenvalue weighted by atomic mass is 32.2. The fourth-order valence-electron chi connectivity index (χ4n) is 4.50. The number of sulfonamides is 1. The third-order valence-corrected chi connectivity index (χ3v) is 7.93. The van der Waals surface area contributed by atoms with E-state index in [0.29, 0.717) is 23.8 Å². The summed E-state index contributed by atoms with van der Waals surface area (Å²) in [5.41, 5.74) is 3.25. The molecule has 1 aliphatic rings. The SMILES string of the molecule is COc1ccc(CN2CCc3cc(OC)c(OC)cc3C2CNS(=O)(=O)c2ccc(OC)cc2)cc1. The van der Waals surface area contributed by atoms with Crippen molar-refractivity contribution in [2.45, 2.75) is 23.9 Å². The highest BCUT2D eigenvalue weighted by Crippen LogP contribution is 2.38. The standard InChI is InChI=1S/C27H32N2O6S/c1-32-21-7-5-19(6-8-21)18-29-14-13-20-15-26(34-3)27(35-4)16-24(20)25(29)17-28-36(30,31)23-11-9-22(33-2)10-12-23/h5-12,15-16,25,28H,13-14,17-18H2,1-4H3. The Bertz CT molecular complexity index is 1280. The molecule has 3 aromatic carbocycles. The molecule has 0 aliphatic carbocycles. The van der Waals surface area contributed by atoms with E-state index in [1.807, 2.05) is 36.4 Å². The van der Waals surface area contributed by atoms with Gasteiger partial charge in [0.05, 0.1) is 33.3 Å². The first-order valence-electron chi connectivity index (χ1n) is 11.6. The van der Waals surface area contributed by atoms with Crippen LogP contribution in [0.4, 0.5) is 0 Å². The van der Waals surface area contributed by atoms with Crippen LogP contribution in [0.1, 0.15) is 22.7 Å². The van der Waals surface area contributed by atoms with Crippen LogP contribution < -0.4 is 23.7 Å². The summed E-state index contributed by atoms with van der Waals surface area (Å²) in [6.45, 7) is 1.63. The van der Waals surface area contributed by atoms with Gasteiger partial charge in [0.1, 0.15) is 11.5 Å². The second-order valence-corrected chi connectivity index (χ2v) is 10.3. The van der Waals surface area contributed by atoms with E-state index in [0.717, 1.165) is 35.4 Å². The van der Waals surface area contributed by atoms with Crippen LogP contribution in [0.25, 0.3) is 0 Å². The van der Waals surface area contributed by atoms with Crippen LogP contribution in [-0.4, -0.2) is 54.8 Å². The summed E-state index contributed by atoms with van der Waals surface area (Å²) >= 11 is 0. The summed E-state index contributed by atoms with van der Waals surface area (Å²) in [6.07, 6.45) is 0.813. The predicted octanol–water partition coefficient (Wildman–Crippen LogP) is 3.80. The van der Waals surface area contributed by atoms with Crippen molar-refractivity contribution in [2.75, 3.05) is 41.5 Å². The lowest BCUT2D eigenvalue weighted by atomic mass is 9.91. The van der Waals surface area contributed by atoms with E-state index in [-0.39, 0.29) is 17.5 Å². The van der Waals surface area contributed by atoms with Crippen LogP contribution in [0.15, 0.2) is 65.6 Å². The normalized spacial score (nSPS) is 15.7. The van der Waals surface area contributed by atoms with E-state index in [1.165, 1.54) is 0 Å². The maximum atomic E-state index is 13.1. The third kappa shape index (κ3) is 5.59. The summed E-state index contributed by atoms with van der Waals surface area (Å²) in [6, 6.07) is 18.0. The number of fused-ring (bicyclic) bond motifs is 1. The van der Waals surface area contributed by atoms with E-state index >= 15 is 0 Å². The Morgan fingerprint density at radius 2 is 1.42 bits per heavy atom. The van der Waals surface area contributed by atoms with E-state index in [2.05, 4.69) is 9.62 Å². The Morgan fingerprint density at radius 1 is 0.833 bits per heavy atom. The number of benzene rings is 3. The molecule has 1 N–H and O–H groups in total. The second-order valence-electron chi connectivity index (χ2n) is 8.52.